The number of rotatable bonds is 3. The maximum atomic E-state index is 11.5. The van der Waals surface area contributed by atoms with Crippen LogP contribution in [0, 0.1) is 0 Å². The van der Waals surface area contributed by atoms with Crippen molar-refractivity contribution < 1.29 is 8.42 Å². The van der Waals surface area contributed by atoms with Gasteiger partial charge >= 0.3 is 0 Å². The van der Waals surface area contributed by atoms with Gasteiger partial charge in [0.2, 0.25) is 0 Å². The molecule has 2 nitrogen and oxygen atoms in total. The molecule has 15 heavy (non-hydrogen) atoms. The van der Waals surface area contributed by atoms with Crippen molar-refractivity contribution in [3.63, 3.8) is 0 Å². The van der Waals surface area contributed by atoms with Gasteiger partial charge in [0.25, 0.3) is 0 Å². The Bertz CT molecular complexity index is 414. The summed E-state index contributed by atoms with van der Waals surface area (Å²) in [6, 6.07) is 1.83. The predicted octanol–water partition coefficient (Wildman–Crippen LogP) is 3.40. The van der Waals surface area contributed by atoms with Gasteiger partial charge in [0.15, 0.2) is 9.84 Å². The summed E-state index contributed by atoms with van der Waals surface area (Å²) in [5.74, 6) is 0.775. The molecule has 0 aliphatic heterocycles. The second-order valence-electron chi connectivity index (χ2n) is 4.47. The Hall–Kier alpha value is -0.350. The minimum Gasteiger partial charge on any atom is -0.223 e. The van der Waals surface area contributed by atoms with Gasteiger partial charge in [-0.25, -0.2) is 8.42 Å². The standard InChI is InChI=1S/C11H18O2S2/c1-7(2)9-6-10(15(5,12)13)14-11(9)8(3)4/h6-8H,1-5H3. The normalized spacial score (nSPS) is 12.7. The fraction of sp³-hybridized carbons (Fsp3) is 0.636. The van der Waals surface area contributed by atoms with E-state index in [0.717, 1.165) is 0 Å². The molecular weight excluding hydrogens is 228 g/mol. The van der Waals surface area contributed by atoms with Crippen molar-refractivity contribution in [2.24, 2.45) is 0 Å². The summed E-state index contributed by atoms with van der Waals surface area (Å²) in [5.41, 5.74) is 1.18. The smallest absolute Gasteiger partial charge is 0.184 e. The summed E-state index contributed by atoms with van der Waals surface area (Å²) < 4.78 is 23.4. The highest BCUT2D eigenvalue weighted by Crippen LogP contribution is 2.35. The van der Waals surface area contributed by atoms with E-state index < -0.39 is 9.84 Å². The molecule has 0 saturated carbocycles. The largest absolute Gasteiger partial charge is 0.223 e. The monoisotopic (exact) mass is 246 g/mol. The van der Waals surface area contributed by atoms with Crippen LogP contribution in [0.1, 0.15) is 50.0 Å². The van der Waals surface area contributed by atoms with Crippen molar-refractivity contribution in [3.8, 4) is 0 Å². The average molecular weight is 246 g/mol. The van der Waals surface area contributed by atoms with E-state index in [0.29, 0.717) is 16.0 Å². The Morgan fingerprint density at radius 1 is 1.13 bits per heavy atom. The van der Waals surface area contributed by atoms with Gasteiger partial charge < -0.3 is 0 Å². The number of sulfone groups is 1. The van der Waals surface area contributed by atoms with Crippen LogP contribution in [0.5, 0.6) is 0 Å². The summed E-state index contributed by atoms with van der Waals surface area (Å²) in [6.07, 6.45) is 1.27. The van der Waals surface area contributed by atoms with Crippen LogP contribution in [0.25, 0.3) is 0 Å². The van der Waals surface area contributed by atoms with Crippen LogP contribution < -0.4 is 0 Å². The van der Waals surface area contributed by atoms with Crippen LogP contribution in [0.2, 0.25) is 0 Å². The number of thiophene rings is 1. The Balaban J connectivity index is 3.34. The Morgan fingerprint density at radius 3 is 1.93 bits per heavy atom. The van der Waals surface area contributed by atoms with Crippen molar-refractivity contribution >= 4 is 21.2 Å². The first-order valence-corrected chi connectivity index (χ1v) is 7.78. The highest BCUT2D eigenvalue weighted by molar-refractivity contribution is 7.92. The van der Waals surface area contributed by atoms with E-state index in [-0.39, 0.29) is 0 Å². The van der Waals surface area contributed by atoms with Crippen molar-refractivity contribution in [2.75, 3.05) is 6.26 Å². The van der Waals surface area contributed by atoms with Crippen molar-refractivity contribution in [1.29, 1.82) is 0 Å². The van der Waals surface area contributed by atoms with Crippen LogP contribution in [0.3, 0.4) is 0 Å². The molecule has 0 bridgehead atoms. The maximum absolute atomic E-state index is 11.5. The van der Waals surface area contributed by atoms with Gasteiger partial charge in [-0.3, -0.25) is 0 Å². The molecule has 0 aliphatic carbocycles. The van der Waals surface area contributed by atoms with Crippen molar-refractivity contribution in [1.82, 2.24) is 0 Å². The molecule has 1 rings (SSSR count). The lowest BCUT2D eigenvalue weighted by atomic mass is 9.99. The first kappa shape index (κ1) is 12.7. The maximum Gasteiger partial charge on any atom is 0.184 e. The summed E-state index contributed by atoms with van der Waals surface area (Å²) >= 11 is 1.41. The van der Waals surface area contributed by atoms with E-state index >= 15 is 0 Å². The molecule has 0 fully saturated rings. The Labute approximate surface area is 96.3 Å². The van der Waals surface area contributed by atoms with Gasteiger partial charge in [0.05, 0.1) is 0 Å². The molecule has 4 heteroatoms. The molecule has 86 valence electrons. The lowest BCUT2D eigenvalue weighted by Gasteiger charge is -2.08. The van der Waals surface area contributed by atoms with E-state index in [1.165, 1.54) is 28.0 Å². The molecule has 1 aromatic heterocycles. The summed E-state index contributed by atoms with van der Waals surface area (Å²) in [6.45, 7) is 8.40. The highest BCUT2D eigenvalue weighted by atomic mass is 32.2. The Kier molecular flexibility index (Phi) is 3.61. The average Bonchev–Trinajstić information content (AvgIpc) is 2.45. The lowest BCUT2D eigenvalue weighted by molar-refractivity contribution is 0.603. The second kappa shape index (κ2) is 4.26. The summed E-state index contributed by atoms with van der Waals surface area (Å²) in [5, 5.41) is 0. The molecule has 1 heterocycles. The van der Waals surface area contributed by atoms with Crippen LogP contribution in [-0.4, -0.2) is 14.7 Å². The molecule has 0 aliphatic rings. The fourth-order valence-electron chi connectivity index (χ4n) is 1.48. The summed E-state index contributed by atoms with van der Waals surface area (Å²) in [4.78, 5) is 1.20. The van der Waals surface area contributed by atoms with E-state index in [9.17, 15) is 8.42 Å². The van der Waals surface area contributed by atoms with E-state index in [2.05, 4.69) is 27.7 Å². The molecule has 0 N–H and O–H groups in total. The lowest BCUT2D eigenvalue weighted by Crippen LogP contribution is -1.93. The van der Waals surface area contributed by atoms with E-state index in [1.807, 2.05) is 6.07 Å². The van der Waals surface area contributed by atoms with Crippen LogP contribution in [-0.2, 0) is 9.84 Å². The third-order valence-corrected chi connectivity index (χ3v) is 5.53. The second-order valence-corrected chi connectivity index (χ2v) is 7.79. The number of hydrogen-bond donors (Lipinski definition) is 0. The van der Waals surface area contributed by atoms with Crippen LogP contribution in [0.15, 0.2) is 10.3 Å². The van der Waals surface area contributed by atoms with E-state index in [1.54, 1.807) is 0 Å². The zero-order valence-corrected chi connectivity index (χ0v) is 11.5. The van der Waals surface area contributed by atoms with Crippen LogP contribution >= 0.6 is 11.3 Å². The molecular formula is C11H18O2S2. The van der Waals surface area contributed by atoms with Crippen LogP contribution in [0.4, 0.5) is 0 Å². The molecule has 0 unspecified atom stereocenters. The summed E-state index contributed by atoms with van der Waals surface area (Å²) in [7, 11) is -3.05. The third kappa shape index (κ3) is 2.82. The number of hydrogen-bond acceptors (Lipinski definition) is 3. The van der Waals surface area contributed by atoms with Crippen molar-refractivity contribution in [3.05, 3.63) is 16.5 Å². The molecule has 1 aromatic rings. The van der Waals surface area contributed by atoms with Gasteiger partial charge in [0, 0.05) is 11.1 Å². The molecule has 0 aromatic carbocycles. The highest BCUT2D eigenvalue weighted by Gasteiger charge is 2.19. The minimum atomic E-state index is -3.05. The van der Waals surface area contributed by atoms with E-state index in [4.69, 9.17) is 0 Å². The molecule has 0 saturated heterocycles. The van der Waals surface area contributed by atoms with Gasteiger partial charge in [-0.05, 0) is 23.5 Å². The molecule has 0 spiro atoms. The zero-order chi connectivity index (χ0) is 11.8. The van der Waals surface area contributed by atoms with Crippen molar-refractivity contribution in [2.45, 2.75) is 43.7 Å². The molecule has 0 atom stereocenters. The van der Waals surface area contributed by atoms with Gasteiger partial charge in [-0.15, -0.1) is 11.3 Å². The van der Waals surface area contributed by atoms with Gasteiger partial charge in [0.1, 0.15) is 4.21 Å². The first-order valence-electron chi connectivity index (χ1n) is 5.07. The molecule has 0 radical (unpaired) electrons. The quantitative estimate of drug-likeness (QED) is 0.819. The third-order valence-electron chi connectivity index (χ3n) is 2.28. The zero-order valence-electron chi connectivity index (χ0n) is 9.87. The Morgan fingerprint density at radius 2 is 1.67 bits per heavy atom. The van der Waals surface area contributed by atoms with Gasteiger partial charge in [-0.2, -0.15) is 0 Å². The minimum absolute atomic E-state index is 0.383. The topological polar surface area (TPSA) is 34.1 Å². The predicted molar refractivity (Wildman–Crippen MR) is 65.6 cm³/mol. The molecule has 0 amide bonds. The first-order chi connectivity index (χ1) is 6.73. The fourth-order valence-corrected chi connectivity index (χ4v) is 3.75. The van der Waals surface area contributed by atoms with Gasteiger partial charge in [-0.1, -0.05) is 27.7 Å². The SMILES string of the molecule is CC(C)c1cc(S(C)(=O)=O)sc1C(C)C.